The Bertz CT molecular complexity index is 1030. The van der Waals surface area contributed by atoms with Crippen molar-refractivity contribution < 1.29 is 9.53 Å². The Morgan fingerprint density at radius 1 is 1.00 bits per heavy atom. The minimum absolute atomic E-state index is 0.0103. The lowest BCUT2D eigenvalue weighted by Gasteiger charge is -2.36. The number of amides is 1. The Kier molecular flexibility index (Phi) is 5.67. The third-order valence-corrected chi connectivity index (χ3v) is 6.38. The number of pyridine rings is 1. The van der Waals surface area contributed by atoms with E-state index in [0.29, 0.717) is 23.2 Å². The third-order valence-electron chi connectivity index (χ3n) is 6.38. The largest absolute Gasteiger partial charge is 0.454 e. The maximum Gasteiger partial charge on any atom is 0.228 e. The van der Waals surface area contributed by atoms with Crippen molar-refractivity contribution >= 4 is 11.6 Å². The van der Waals surface area contributed by atoms with Gasteiger partial charge in [-0.25, -0.2) is 0 Å². The number of fused-ring (bicyclic) bond motifs is 1. The SMILES string of the molecule is O=C(Nc1ccccc1Oc1cccnc1)[C@@H]1CCCN(C2Cc3ccccc3C2)C1. The van der Waals surface area contributed by atoms with Gasteiger partial charge in [0.1, 0.15) is 5.75 Å². The van der Waals surface area contributed by atoms with Crippen LogP contribution in [-0.2, 0) is 17.6 Å². The number of para-hydroxylation sites is 2. The number of ether oxygens (including phenoxy) is 1. The molecule has 1 aliphatic carbocycles. The standard InChI is InChI=1S/C26H27N3O2/c30-26(28-24-11-3-4-12-25(24)31-23-10-5-13-27-17-23)21-9-6-14-29(18-21)22-15-19-7-1-2-8-20(19)16-22/h1-5,7-8,10-13,17,21-22H,6,9,14-16,18H2,(H,28,30)/t21-/m1/s1. The molecule has 1 saturated heterocycles. The number of piperidine rings is 1. The summed E-state index contributed by atoms with van der Waals surface area (Å²) in [5.41, 5.74) is 3.61. The van der Waals surface area contributed by atoms with Gasteiger partial charge < -0.3 is 10.1 Å². The predicted molar refractivity (Wildman–Crippen MR) is 121 cm³/mol. The molecule has 0 unspecified atom stereocenters. The van der Waals surface area contributed by atoms with Crippen molar-refractivity contribution in [3.63, 3.8) is 0 Å². The number of carbonyl (C=O) groups is 1. The summed E-state index contributed by atoms with van der Waals surface area (Å²) in [6, 6.07) is 20.5. The second-order valence-electron chi connectivity index (χ2n) is 8.44. The third kappa shape index (κ3) is 4.47. The first-order valence-corrected chi connectivity index (χ1v) is 11.0. The van der Waals surface area contributed by atoms with E-state index in [1.807, 2.05) is 36.4 Å². The van der Waals surface area contributed by atoms with Gasteiger partial charge in [0.05, 0.1) is 17.8 Å². The van der Waals surface area contributed by atoms with Crippen LogP contribution in [0.3, 0.4) is 0 Å². The Balaban J connectivity index is 1.24. The summed E-state index contributed by atoms with van der Waals surface area (Å²) in [6.45, 7) is 1.89. The van der Waals surface area contributed by atoms with Gasteiger partial charge in [-0.3, -0.25) is 14.7 Å². The van der Waals surface area contributed by atoms with Gasteiger partial charge in [-0.05, 0) is 67.6 Å². The number of rotatable bonds is 5. The number of carbonyl (C=O) groups excluding carboxylic acids is 1. The van der Waals surface area contributed by atoms with Crippen molar-refractivity contribution in [2.75, 3.05) is 18.4 Å². The Hall–Kier alpha value is -3.18. The van der Waals surface area contributed by atoms with E-state index in [-0.39, 0.29) is 11.8 Å². The topological polar surface area (TPSA) is 54.5 Å². The molecule has 158 valence electrons. The van der Waals surface area contributed by atoms with Gasteiger partial charge in [-0.1, -0.05) is 36.4 Å². The highest BCUT2D eigenvalue weighted by Gasteiger charge is 2.33. The molecule has 5 heteroatoms. The number of hydrogen-bond acceptors (Lipinski definition) is 4. The lowest BCUT2D eigenvalue weighted by atomic mass is 9.95. The molecule has 2 aliphatic rings. The highest BCUT2D eigenvalue weighted by Crippen LogP contribution is 2.31. The van der Waals surface area contributed by atoms with Crippen LogP contribution < -0.4 is 10.1 Å². The smallest absolute Gasteiger partial charge is 0.228 e. The molecule has 2 heterocycles. The van der Waals surface area contributed by atoms with Gasteiger partial charge in [-0.15, -0.1) is 0 Å². The fraction of sp³-hybridized carbons (Fsp3) is 0.308. The molecule has 0 bridgehead atoms. The number of hydrogen-bond donors (Lipinski definition) is 1. The first-order valence-electron chi connectivity index (χ1n) is 11.0. The highest BCUT2D eigenvalue weighted by atomic mass is 16.5. The summed E-state index contributed by atoms with van der Waals surface area (Å²) in [5, 5.41) is 3.12. The van der Waals surface area contributed by atoms with Gasteiger partial charge in [-0.2, -0.15) is 0 Å². The number of likely N-dealkylation sites (tertiary alicyclic amines) is 1. The molecule has 3 aromatic rings. The second-order valence-corrected chi connectivity index (χ2v) is 8.44. The summed E-state index contributed by atoms with van der Waals surface area (Å²) in [4.78, 5) is 19.8. The fourth-order valence-electron chi connectivity index (χ4n) is 4.77. The fourth-order valence-corrected chi connectivity index (χ4v) is 4.77. The van der Waals surface area contributed by atoms with Crippen LogP contribution in [0.5, 0.6) is 11.5 Å². The van der Waals surface area contributed by atoms with E-state index in [0.717, 1.165) is 38.8 Å². The van der Waals surface area contributed by atoms with Crippen LogP contribution in [0.1, 0.15) is 24.0 Å². The number of nitrogens with one attached hydrogen (secondary N) is 1. The zero-order chi connectivity index (χ0) is 21.0. The average molecular weight is 414 g/mol. The molecule has 5 rings (SSSR count). The van der Waals surface area contributed by atoms with Crippen LogP contribution in [0.15, 0.2) is 73.1 Å². The van der Waals surface area contributed by atoms with E-state index in [2.05, 4.69) is 39.5 Å². The Labute approximate surface area is 183 Å². The van der Waals surface area contributed by atoms with E-state index in [4.69, 9.17) is 4.74 Å². The van der Waals surface area contributed by atoms with Gasteiger partial charge in [0.15, 0.2) is 5.75 Å². The molecule has 1 N–H and O–H groups in total. The Morgan fingerprint density at radius 3 is 2.55 bits per heavy atom. The van der Waals surface area contributed by atoms with E-state index < -0.39 is 0 Å². The summed E-state index contributed by atoms with van der Waals surface area (Å²) in [6.07, 6.45) is 7.53. The molecule has 0 saturated carbocycles. The summed E-state index contributed by atoms with van der Waals surface area (Å²) < 4.78 is 5.95. The maximum absolute atomic E-state index is 13.1. The van der Waals surface area contributed by atoms with Gasteiger partial charge in [0.2, 0.25) is 5.91 Å². The van der Waals surface area contributed by atoms with Crippen LogP contribution in [-0.4, -0.2) is 34.9 Å². The molecule has 1 aliphatic heterocycles. The van der Waals surface area contributed by atoms with E-state index in [1.165, 1.54) is 11.1 Å². The van der Waals surface area contributed by atoms with Gasteiger partial charge in [0, 0.05) is 18.8 Å². The van der Waals surface area contributed by atoms with Gasteiger partial charge >= 0.3 is 0 Å². The van der Waals surface area contributed by atoms with Crippen LogP contribution in [0, 0.1) is 5.92 Å². The van der Waals surface area contributed by atoms with E-state index in [1.54, 1.807) is 12.4 Å². The molecule has 1 fully saturated rings. The molecular formula is C26H27N3O2. The lowest BCUT2D eigenvalue weighted by Crippen LogP contribution is -2.46. The monoisotopic (exact) mass is 413 g/mol. The van der Waals surface area contributed by atoms with Crippen molar-refractivity contribution in [1.29, 1.82) is 0 Å². The molecule has 2 aromatic carbocycles. The number of benzene rings is 2. The van der Waals surface area contributed by atoms with Crippen molar-refractivity contribution in [2.24, 2.45) is 5.92 Å². The zero-order valence-electron chi connectivity index (χ0n) is 17.5. The molecule has 5 nitrogen and oxygen atoms in total. The van der Waals surface area contributed by atoms with E-state index in [9.17, 15) is 4.79 Å². The molecule has 1 atom stereocenters. The number of anilines is 1. The molecular weight excluding hydrogens is 386 g/mol. The molecule has 1 aromatic heterocycles. The Morgan fingerprint density at radius 2 is 1.77 bits per heavy atom. The van der Waals surface area contributed by atoms with E-state index >= 15 is 0 Å². The number of nitrogens with zero attached hydrogens (tertiary/aromatic N) is 2. The minimum Gasteiger partial charge on any atom is -0.454 e. The summed E-state index contributed by atoms with van der Waals surface area (Å²) >= 11 is 0. The predicted octanol–water partition coefficient (Wildman–Crippen LogP) is 4.69. The number of aromatic nitrogens is 1. The highest BCUT2D eigenvalue weighted by molar-refractivity contribution is 5.94. The average Bonchev–Trinajstić information content (AvgIpc) is 3.26. The second kappa shape index (κ2) is 8.90. The van der Waals surface area contributed by atoms with Crippen molar-refractivity contribution in [2.45, 2.75) is 31.7 Å². The normalized spacial score (nSPS) is 19.0. The maximum atomic E-state index is 13.1. The summed E-state index contributed by atoms with van der Waals surface area (Å²) in [5.74, 6) is 1.34. The van der Waals surface area contributed by atoms with Crippen LogP contribution in [0.25, 0.3) is 0 Å². The molecule has 1 amide bonds. The molecule has 0 radical (unpaired) electrons. The van der Waals surface area contributed by atoms with Crippen molar-refractivity contribution in [3.8, 4) is 11.5 Å². The first-order chi connectivity index (χ1) is 15.3. The summed E-state index contributed by atoms with van der Waals surface area (Å²) in [7, 11) is 0. The minimum atomic E-state index is -0.0103. The first kappa shape index (κ1) is 19.8. The lowest BCUT2D eigenvalue weighted by molar-refractivity contribution is -0.121. The molecule has 31 heavy (non-hydrogen) atoms. The van der Waals surface area contributed by atoms with Crippen LogP contribution >= 0.6 is 0 Å². The quantitative estimate of drug-likeness (QED) is 0.659. The zero-order valence-corrected chi connectivity index (χ0v) is 17.5. The van der Waals surface area contributed by atoms with Crippen LogP contribution in [0.2, 0.25) is 0 Å². The van der Waals surface area contributed by atoms with Crippen molar-refractivity contribution in [1.82, 2.24) is 9.88 Å². The van der Waals surface area contributed by atoms with Crippen molar-refractivity contribution in [3.05, 3.63) is 84.2 Å². The molecule has 0 spiro atoms. The van der Waals surface area contributed by atoms with Crippen LogP contribution in [0.4, 0.5) is 5.69 Å². The van der Waals surface area contributed by atoms with Gasteiger partial charge in [0.25, 0.3) is 0 Å².